The summed E-state index contributed by atoms with van der Waals surface area (Å²) in [7, 11) is 1.76. The molecule has 4 nitrogen and oxygen atoms in total. The van der Waals surface area contributed by atoms with E-state index in [4.69, 9.17) is 9.47 Å². The minimum absolute atomic E-state index is 0.133. The predicted molar refractivity (Wildman–Crippen MR) is 96.4 cm³/mol. The van der Waals surface area contributed by atoms with Crippen molar-refractivity contribution in [3.05, 3.63) is 30.1 Å². The third-order valence-corrected chi connectivity index (χ3v) is 6.59. The van der Waals surface area contributed by atoms with Crippen molar-refractivity contribution in [3.8, 4) is 5.75 Å². The molecule has 3 aliphatic rings. The number of piperidine rings is 1. The molecule has 3 atom stereocenters. The van der Waals surface area contributed by atoms with E-state index >= 15 is 0 Å². The van der Waals surface area contributed by atoms with Crippen molar-refractivity contribution in [2.24, 2.45) is 11.8 Å². The second-order valence-corrected chi connectivity index (χ2v) is 8.01. The number of likely N-dealkylation sites (tertiary alicyclic amines) is 1. The highest BCUT2D eigenvalue weighted by atomic mass is 19.1. The molecule has 0 N–H and O–H groups in total. The molecule has 2 bridgehead atoms. The smallest absolute Gasteiger partial charge is 0.226 e. The molecule has 1 aromatic rings. The van der Waals surface area contributed by atoms with Gasteiger partial charge in [-0.05, 0) is 75.1 Å². The van der Waals surface area contributed by atoms with E-state index in [-0.39, 0.29) is 17.8 Å². The predicted octanol–water partition coefficient (Wildman–Crippen LogP) is 3.79. The van der Waals surface area contributed by atoms with Crippen LogP contribution in [0.4, 0.5) is 4.39 Å². The molecule has 0 spiro atoms. The van der Waals surface area contributed by atoms with Crippen LogP contribution in [0.1, 0.15) is 44.9 Å². The van der Waals surface area contributed by atoms with Gasteiger partial charge in [-0.25, -0.2) is 4.39 Å². The van der Waals surface area contributed by atoms with Gasteiger partial charge in [0.05, 0.1) is 12.1 Å². The lowest BCUT2D eigenvalue weighted by Crippen LogP contribution is -2.50. The summed E-state index contributed by atoms with van der Waals surface area (Å²) in [5.41, 5.74) is 0. The van der Waals surface area contributed by atoms with Gasteiger partial charge in [-0.3, -0.25) is 4.79 Å². The molecule has 3 fully saturated rings. The zero-order valence-electron chi connectivity index (χ0n) is 15.4. The fourth-order valence-electron chi connectivity index (χ4n) is 5.12. The molecular weight excluding hydrogens is 333 g/mol. The summed E-state index contributed by atoms with van der Waals surface area (Å²) < 4.78 is 24.4. The van der Waals surface area contributed by atoms with Gasteiger partial charge in [0.25, 0.3) is 0 Å². The molecular formula is C21H28FNO3. The van der Waals surface area contributed by atoms with Gasteiger partial charge in [-0.2, -0.15) is 0 Å². The highest BCUT2D eigenvalue weighted by Crippen LogP contribution is 2.44. The number of ether oxygens (including phenoxy) is 2. The number of carbonyl (C=O) groups is 1. The number of hydrogen-bond donors (Lipinski definition) is 0. The summed E-state index contributed by atoms with van der Waals surface area (Å²) in [6, 6.07) is 6.67. The third-order valence-electron chi connectivity index (χ3n) is 6.59. The average molecular weight is 361 g/mol. The van der Waals surface area contributed by atoms with Gasteiger partial charge >= 0.3 is 0 Å². The first-order valence-electron chi connectivity index (χ1n) is 9.89. The molecule has 5 heteroatoms. The molecule has 142 valence electrons. The van der Waals surface area contributed by atoms with Crippen molar-refractivity contribution in [1.29, 1.82) is 0 Å². The summed E-state index contributed by atoms with van der Waals surface area (Å²) in [4.78, 5) is 15.4. The maximum absolute atomic E-state index is 13.2. The summed E-state index contributed by atoms with van der Waals surface area (Å²) in [6.45, 7) is 0.506. The van der Waals surface area contributed by atoms with E-state index in [9.17, 15) is 9.18 Å². The Bertz CT molecular complexity index is 627. The quantitative estimate of drug-likeness (QED) is 0.801. The van der Waals surface area contributed by atoms with E-state index in [1.54, 1.807) is 19.2 Å². The summed E-state index contributed by atoms with van der Waals surface area (Å²) in [5, 5.41) is 0. The summed E-state index contributed by atoms with van der Waals surface area (Å²) in [5.74, 6) is 1.40. The van der Waals surface area contributed by atoms with Crippen LogP contribution in [0.25, 0.3) is 0 Å². The van der Waals surface area contributed by atoms with Gasteiger partial charge in [-0.15, -0.1) is 0 Å². The van der Waals surface area contributed by atoms with Gasteiger partial charge in [0.15, 0.2) is 0 Å². The van der Waals surface area contributed by atoms with E-state index < -0.39 is 0 Å². The average Bonchev–Trinajstić information content (AvgIpc) is 3.28. The Morgan fingerprint density at radius 2 is 1.85 bits per heavy atom. The minimum Gasteiger partial charge on any atom is -0.491 e. The Kier molecular flexibility index (Phi) is 5.16. The Balaban J connectivity index is 1.40. The second-order valence-electron chi connectivity index (χ2n) is 8.01. The van der Waals surface area contributed by atoms with Crippen molar-refractivity contribution in [3.63, 3.8) is 0 Å². The number of amides is 1. The first-order chi connectivity index (χ1) is 12.7. The Morgan fingerprint density at radius 3 is 2.54 bits per heavy atom. The lowest BCUT2D eigenvalue weighted by Gasteiger charge is -2.39. The van der Waals surface area contributed by atoms with Gasteiger partial charge in [0.1, 0.15) is 18.2 Å². The largest absolute Gasteiger partial charge is 0.491 e. The van der Waals surface area contributed by atoms with Crippen LogP contribution in [0.5, 0.6) is 5.75 Å². The van der Waals surface area contributed by atoms with Gasteiger partial charge < -0.3 is 14.4 Å². The van der Waals surface area contributed by atoms with Crippen molar-refractivity contribution < 1.29 is 18.7 Å². The Morgan fingerprint density at radius 1 is 1.12 bits per heavy atom. The van der Waals surface area contributed by atoms with Crippen LogP contribution in [0.2, 0.25) is 0 Å². The van der Waals surface area contributed by atoms with E-state index in [1.165, 1.54) is 18.6 Å². The normalized spacial score (nSPS) is 33.5. The topological polar surface area (TPSA) is 38.8 Å². The fraction of sp³-hybridized carbons (Fsp3) is 0.667. The van der Waals surface area contributed by atoms with Crippen LogP contribution < -0.4 is 4.74 Å². The molecule has 2 saturated carbocycles. The van der Waals surface area contributed by atoms with E-state index in [0.717, 1.165) is 38.5 Å². The Labute approximate surface area is 154 Å². The van der Waals surface area contributed by atoms with Crippen molar-refractivity contribution in [2.45, 2.75) is 63.1 Å². The lowest BCUT2D eigenvalue weighted by molar-refractivity contribution is -0.142. The number of carbonyl (C=O) groups excluding carboxylic acids is 1. The zero-order valence-corrected chi connectivity index (χ0v) is 15.4. The van der Waals surface area contributed by atoms with Crippen LogP contribution >= 0.6 is 0 Å². The Hall–Kier alpha value is -1.62. The summed E-state index contributed by atoms with van der Waals surface area (Å²) in [6.07, 6.45) is 7.53. The number of benzene rings is 1. The summed E-state index contributed by atoms with van der Waals surface area (Å²) >= 11 is 0. The maximum Gasteiger partial charge on any atom is 0.226 e. The van der Waals surface area contributed by atoms with Crippen LogP contribution in [0.15, 0.2) is 24.3 Å². The molecule has 1 amide bonds. The van der Waals surface area contributed by atoms with E-state index in [1.807, 2.05) is 0 Å². The maximum atomic E-state index is 13.2. The number of nitrogens with zero attached hydrogens (tertiary/aromatic N) is 1. The lowest BCUT2D eigenvalue weighted by atomic mass is 9.85. The number of methoxy groups -OCH3 is 1. The van der Waals surface area contributed by atoms with Crippen LogP contribution in [-0.4, -0.2) is 42.7 Å². The third kappa shape index (κ3) is 3.46. The SMILES string of the molecule is COC1CCC(C(=O)N2[C@H]3CC[C@@H](C3)[C@@H]2COc2ccc(F)cc2)CC1. The number of fused-ring (bicyclic) bond motifs is 2. The molecule has 2 aliphatic carbocycles. The van der Waals surface area contributed by atoms with Crippen molar-refractivity contribution >= 4 is 5.91 Å². The number of hydrogen-bond acceptors (Lipinski definition) is 3. The van der Waals surface area contributed by atoms with E-state index in [0.29, 0.717) is 36.3 Å². The van der Waals surface area contributed by atoms with E-state index in [2.05, 4.69) is 4.90 Å². The molecule has 1 aromatic carbocycles. The highest BCUT2D eigenvalue weighted by molar-refractivity contribution is 5.80. The second kappa shape index (κ2) is 7.55. The molecule has 0 radical (unpaired) electrons. The first kappa shape index (κ1) is 17.8. The first-order valence-corrected chi connectivity index (χ1v) is 9.89. The van der Waals surface area contributed by atoms with Crippen molar-refractivity contribution in [1.82, 2.24) is 4.90 Å². The molecule has 1 saturated heterocycles. The standard InChI is InChI=1S/C21H28FNO3/c1-25-18-8-3-14(4-9-18)21(24)23-17-7-2-15(12-17)20(23)13-26-19-10-5-16(22)6-11-19/h5-6,10-11,14-15,17-18,20H,2-4,7-9,12-13H2,1H3/t14?,15-,17-,18?,20-/m0/s1. The van der Waals surface area contributed by atoms with Gasteiger partial charge in [-0.1, -0.05) is 0 Å². The van der Waals surface area contributed by atoms with Crippen LogP contribution in [0, 0.1) is 17.7 Å². The molecule has 1 aliphatic heterocycles. The van der Waals surface area contributed by atoms with Gasteiger partial charge in [0, 0.05) is 19.1 Å². The van der Waals surface area contributed by atoms with Crippen LogP contribution in [-0.2, 0) is 9.53 Å². The fourth-order valence-corrected chi connectivity index (χ4v) is 5.12. The monoisotopic (exact) mass is 361 g/mol. The number of rotatable bonds is 5. The molecule has 1 heterocycles. The molecule has 0 unspecified atom stereocenters. The molecule has 4 rings (SSSR count). The minimum atomic E-state index is -0.263. The number of halogens is 1. The van der Waals surface area contributed by atoms with Crippen LogP contribution in [0.3, 0.4) is 0 Å². The zero-order chi connectivity index (χ0) is 18.1. The van der Waals surface area contributed by atoms with Crippen molar-refractivity contribution in [2.75, 3.05) is 13.7 Å². The molecule has 26 heavy (non-hydrogen) atoms. The molecule has 0 aromatic heterocycles. The highest BCUT2D eigenvalue weighted by Gasteiger charge is 2.49. The van der Waals surface area contributed by atoms with Gasteiger partial charge in [0.2, 0.25) is 5.91 Å².